The van der Waals surface area contributed by atoms with Crippen LogP contribution in [0.4, 0.5) is 4.39 Å². The molecule has 0 unspecified atom stereocenters. The zero-order valence-electron chi connectivity index (χ0n) is 14.7. The molecule has 0 aliphatic carbocycles. The molecule has 3 rings (SSSR count). The Hall–Kier alpha value is -2.64. The standard InChI is InChI=1S/C20H17ClFN3O2S/c21-17-4-2-1-3-14(17)11-23-18(26)9-16-10-19(27)25-20(24-16)28-12-13-5-7-15(22)8-6-13/h1-8,10H,9,11-12H2,(H,23,26)(H,24,25,27). The minimum absolute atomic E-state index is 0.0154. The second kappa shape index (κ2) is 9.52. The third-order valence-corrected chi connectivity index (χ3v) is 5.15. The van der Waals surface area contributed by atoms with Gasteiger partial charge in [0.15, 0.2) is 5.16 Å². The first-order valence-corrected chi connectivity index (χ1v) is 9.83. The molecular formula is C20H17ClFN3O2S. The van der Waals surface area contributed by atoms with E-state index in [1.165, 1.54) is 30.0 Å². The minimum Gasteiger partial charge on any atom is -0.352 e. The highest BCUT2D eigenvalue weighted by atomic mass is 35.5. The van der Waals surface area contributed by atoms with Crippen molar-refractivity contribution in [3.8, 4) is 0 Å². The van der Waals surface area contributed by atoms with Crippen LogP contribution in [0.15, 0.2) is 64.5 Å². The number of hydrogen-bond donors (Lipinski definition) is 2. The van der Waals surface area contributed by atoms with Gasteiger partial charge in [-0.15, -0.1) is 0 Å². The Morgan fingerprint density at radius 1 is 1.18 bits per heavy atom. The van der Waals surface area contributed by atoms with Gasteiger partial charge in [0.25, 0.3) is 5.56 Å². The molecule has 0 bridgehead atoms. The van der Waals surface area contributed by atoms with Crippen LogP contribution in [0.2, 0.25) is 5.02 Å². The Kier molecular flexibility index (Phi) is 6.84. The highest BCUT2D eigenvalue weighted by molar-refractivity contribution is 7.98. The third kappa shape index (κ3) is 5.94. The van der Waals surface area contributed by atoms with E-state index in [-0.39, 0.29) is 23.7 Å². The fraction of sp³-hybridized carbons (Fsp3) is 0.150. The number of hydrogen-bond acceptors (Lipinski definition) is 4. The average Bonchev–Trinajstić information content (AvgIpc) is 2.66. The maximum atomic E-state index is 13.0. The van der Waals surface area contributed by atoms with E-state index in [2.05, 4.69) is 15.3 Å². The van der Waals surface area contributed by atoms with Gasteiger partial charge < -0.3 is 10.3 Å². The molecular weight excluding hydrogens is 401 g/mol. The first-order chi connectivity index (χ1) is 13.5. The molecule has 0 aliphatic heterocycles. The lowest BCUT2D eigenvalue weighted by atomic mass is 10.2. The smallest absolute Gasteiger partial charge is 0.251 e. The summed E-state index contributed by atoms with van der Waals surface area (Å²) in [4.78, 5) is 31.0. The van der Waals surface area contributed by atoms with Crippen molar-refractivity contribution in [2.75, 3.05) is 0 Å². The van der Waals surface area contributed by atoms with Crippen LogP contribution in [0.5, 0.6) is 0 Å². The van der Waals surface area contributed by atoms with E-state index in [0.29, 0.717) is 28.2 Å². The first kappa shape index (κ1) is 20.1. The summed E-state index contributed by atoms with van der Waals surface area (Å²) in [7, 11) is 0. The zero-order chi connectivity index (χ0) is 19.9. The summed E-state index contributed by atoms with van der Waals surface area (Å²) < 4.78 is 13.0. The number of carbonyl (C=O) groups excluding carboxylic acids is 1. The number of nitrogens with zero attached hydrogens (tertiary/aromatic N) is 1. The number of amides is 1. The molecule has 1 aromatic heterocycles. The zero-order valence-corrected chi connectivity index (χ0v) is 16.3. The molecule has 0 radical (unpaired) electrons. The van der Waals surface area contributed by atoms with Crippen LogP contribution in [-0.2, 0) is 23.5 Å². The Morgan fingerprint density at radius 3 is 2.68 bits per heavy atom. The predicted octanol–water partition coefficient (Wildman–Crippen LogP) is 3.71. The predicted molar refractivity (Wildman–Crippen MR) is 108 cm³/mol. The molecule has 144 valence electrons. The summed E-state index contributed by atoms with van der Waals surface area (Å²) >= 11 is 7.38. The van der Waals surface area contributed by atoms with Crippen molar-refractivity contribution in [2.45, 2.75) is 23.9 Å². The van der Waals surface area contributed by atoms with Crippen molar-refractivity contribution in [3.05, 3.63) is 92.6 Å². The number of carbonyl (C=O) groups is 1. The Balaban J connectivity index is 1.59. The van der Waals surface area contributed by atoms with Crippen molar-refractivity contribution in [3.63, 3.8) is 0 Å². The van der Waals surface area contributed by atoms with Crippen LogP contribution in [0.25, 0.3) is 0 Å². The second-order valence-electron chi connectivity index (χ2n) is 6.00. The molecule has 1 heterocycles. The fourth-order valence-corrected chi connectivity index (χ4v) is 3.49. The lowest BCUT2D eigenvalue weighted by Gasteiger charge is -2.07. The van der Waals surface area contributed by atoms with Crippen LogP contribution >= 0.6 is 23.4 Å². The Morgan fingerprint density at radius 2 is 1.93 bits per heavy atom. The maximum Gasteiger partial charge on any atom is 0.251 e. The SMILES string of the molecule is O=C(Cc1cc(=O)[nH]c(SCc2ccc(F)cc2)n1)NCc1ccccc1Cl. The van der Waals surface area contributed by atoms with E-state index in [9.17, 15) is 14.0 Å². The number of halogens is 2. The number of aromatic amines is 1. The molecule has 0 spiro atoms. The molecule has 0 aliphatic rings. The summed E-state index contributed by atoms with van der Waals surface area (Å²) in [6.07, 6.45) is -0.0154. The lowest BCUT2D eigenvalue weighted by molar-refractivity contribution is -0.120. The number of rotatable bonds is 7. The van der Waals surface area contributed by atoms with E-state index in [1.807, 2.05) is 18.2 Å². The monoisotopic (exact) mass is 417 g/mol. The normalized spacial score (nSPS) is 10.6. The van der Waals surface area contributed by atoms with Gasteiger partial charge in [0, 0.05) is 23.4 Å². The van der Waals surface area contributed by atoms with Gasteiger partial charge in [0.1, 0.15) is 5.82 Å². The van der Waals surface area contributed by atoms with Crippen molar-refractivity contribution in [1.82, 2.24) is 15.3 Å². The first-order valence-electron chi connectivity index (χ1n) is 8.47. The fourth-order valence-electron chi connectivity index (χ4n) is 2.44. The Bertz CT molecular complexity index is 1020. The molecule has 3 aromatic rings. The van der Waals surface area contributed by atoms with E-state index in [1.54, 1.807) is 18.2 Å². The highest BCUT2D eigenvalue weighted by Gasteiger charge is 2.09. The van der Waals surface area contributed by atoms with Crippen molar-refractivity contribution in [1.29, 1.82) is 0 Å². The van der Waals surface area contributed by atoms with Gasteiger partial charge in [-0.3, -0.25) is 9.59 Å². The van der Waals surface area contributed by atoms with Crippen LogP contribution < -0.4 is 10.9 Å². The average molecular weight is 418 g/mol. The molecule has 0 atom stereocenters. The minimum atomic E-state index is -0.328. The van der Waals surface area contributed by atoms with Gasteiger partial charge in [-0.25, -0.2) is 9.37 Å². The third-order valence-electron chi connectivity index (χ3n) is 3.84. The summed E-state index contributed by atoms with van der Waals surface area (Å²) in [5.74, 6) is -0.0386. The van der Waals surface area contributed by atoms with Gasteiger partial charge in [0.05, 0.1) is 12.1 Å². The number of aromatic nitrogens is 2. The molecule has 2 N–H and O–H groups in total. The summed E-state index contributed by atoms with van der Waals surface area (Å²) in [5, 5.41) is 3.76. The molecule has 0 saturated carbocycles. The van der Waals surface area contributed by atoms with Crippen molar-refractivity contribution < 1.29 is 9.18 Å². The maximum absolute atomic E-state index is 13.0. The van der Waals surface area contributed by atoms with Crippen LogP contribution in [0.1, 0.15) is 16.8 Å². The molecule has 0 saturated heterocycles. The molecule has 8 heteroatoms. The molecule has 0 fully saturated rings. The summed E-state index contributed by atoms with van der Waals surface area (Å²) in [5.41, 5.74) is 1.76. The topological polar surface area (TPSA) is 74.8 Å². The Labute approximate surface area is 170 Å². The quantitative estimate of drug-likeness (QED) is 0.454. The largest absolute Gasteiger partial charge is 0.352 e. The van der Waals surface area contributed by atoms with E-state index >= 15 is 0 Å². The van der Waals surface area contributed by atoms with E-state index in [4.69, 9.17) is 11.6 Å². The van der Waals surface area contributed by atoms with Crippen molar-refractivity contribution >= 4 is 29.3 Å². The molecule has 2 aromatic carbocycles. The van der Waals surface area contributed by atoms with Gasteiger partial charge >= 0.3 is 0 Å². The van der Waals surface area contributed by atoms with Gasteiger partial charge in [0.2, 0.25) is 5.91 Å². The second-order valence-corrected chi connectivity index (χ2v) is 7.37. The van der Waals surface area contributed by atoms with Gasteiger partial charge in [-0.1, -0.05) is 53.7 Å². The van der Waals surface area contributed by atoms with E-state index in [0.717, 1.165) is 11.1 Å². The summed E-state index contributed by atoms with van der Waals surface area (Å²) in [6, 6.07) is 14.7. The van der Waals surface area contributed by atoms with Gasteiger partial charge in [-0.2, -0.15) is 0 Å². The molecule has 1 amide bonds. The van der Waals surface area contributed by atoms with E-state index < -0.39 is 0 Å². The van der Waals surface area contributed by atoms with Crippen molar-refractivity contribution in [2.24, 2.45) is 0 Å². The number of thioether (sulfide) groups is 1. The van der Waals surface area contributed by atoms with Crippen LogP contribution in [0, 0.1) is 5.82 Å². The highest BCUT2D eigenvalue weighted by Crippen LogP contribution is 2.19. The number of nitrogens with one attached hydrogen (secondary N) is 2. The van der Waals surface area contributed by atoms with Crippen LogP contribution in [-0.4, -0.2) is 15.9 Å². The number of benzene rings is 2. The summed E-state index contributed by atoms with van der Waals surface area (Å²) in [6.45, 7) is 0.299. The molecule has 28 heavy (non-hydrogen) atoms. The lowest BCUT2D eigenvalue weighted by Crippen LogP contribution is -2.26. The van der Waals surface area contributed by atoms with Gasteiger partial charge in [-0.05, 0) is 29.3 Å². The molecule has 5 nitrogen and oxygen atoms in total. The van der Waals surface area contributed by atoms with Crippen LogP contribution in [0.3, 0.4) is 0 Å². The number of H-pyrrole nitrogens is 1.